The van der Waals surface area contributed by atoms with Crippen LogP contribution < -0.4 is 10.6 Å². The van der Waals surface area contributed by atoms with E-state index in [1.165, 1.54) is 31.6 Å². The molecule has 0 bridgehead atoms. The van der Waals surface area contributed by atoms with E-state index in [1.54, 1.807) is 54.6 Å². The van der Waals surface area contributed by atoms with Gasteiger partial charge in [-0.25, -0.2) is 8.42 Å². The minimum absolute atomic E-state index is 0.00387. The van der Waals surface area contributed by atoms with Crippen LogP contribution >= 0.6 is 0 Å². The van der Waals surface area contributed by atoms with Gasteiger partial charge >= 0.3 is 0 Å². The number of nitrogens with zero attached hydrogens (tertiary/aromatic N) is 2. The van der Waals surface area contributed by atoms with Gasteiger partial charge in [0.2, 0.25) is 15.9 Å². The van der Waals surface area contributed by atoms with Crippen molar-refractivity contribution in [1.29, 1.82) is 0 Å². The van der Waals surface area contributed by atoms with Crippen LogP contribution in [0.25, 0.3) is 0 Å². The van der Waals surface area contributed by atoms with Gasteiger partial charge in [0.15, 0.2) is 0 Å². The highest BCUT2D eigenvalue weighted by atomic mass is 32.2. The van der Waals surface area contributed by atoms with Crippen LogP contribution in [-0.4, -0.2) is 43.1 Å². The minimum Gasteiger partial charge on any atom is -0.323 e. The Morgan fingerprint density at radius 1 is 0.900 bits per heavy atom. The molecule has 154 valence electrons. The molecule has 0 aliphatic carbocycles. The summed E-state index contributed by atoms with van der Waals surface area (Å²) in [6.45, 7) is -0.405. The smallest absolute Gasteiger partial charge is 0.255 e. The molecule has 2 N–H and O–H groups in total. The molecule has 3 rings (SSSR count). The van der Waals surface area contributed by atoms with E-state index in [9.17, 15) is 18.0 Å². The van der Waals surface area contributed by atoms with E-state index in [-0.39, 0.29) is 10.8 Å². The number of carbonyl (C=O) groups is 2. The van der Waals surface area contributed by atoms with Gasteiger partial charge in [0.05, 0.1) is 17.9 Å². The monoisotopic (exact) mass is 424 g/mol. The number of aromatic nitrogens is 1. The van der Waals surface area contributed by atoms with Gasteiger partial charge < -0.3 is 10.6 Å². The zero-order chi connectivity index (χ0) is 21.6. The number of carbonyl (C=O) groups excluding carboxylic acids is 2. The third-order valence-electron chi connectivity index (χ3n) is 4.19. The van der Waals surface area contributed by atoms with Crippen LogP contribution in [-0.2, 0) is 14.8 Å². The summed E-state index contributed by atoms with van der Waals surface area (Å²) in [5.41, 5.74) is 1.23. The molecule has 1 heterocycles. The molecule has 0 fully saturated rings. The van der Waals surface area contributed by atoms with Crippen molar-refractivity contribution in [2.24, 2.45) is 0 Å². The number of rotatable bonds is 7. The summed E-state index contributed by atoms with van der Waals surface area (Å²) in [6, 6.07) is 18.3. The highest BCUT2D eigenvalue weighted by Crippen LogP contribution is 2.22. The normalized spacial score (nSPS) is 11.1. The van der Waals surface area contributed by atoms with Crippen molar-refractivity contribution in [3.63, 3.8) is 0 Å². The highest BCUT2D eigenvalue weighted by Gasteiger charge is 2.23. The van der Waals surface area contributed by atoms with Crippen molar-refractivity contribution >= 4 is 33.2 Å². The molecule has 0 saturated carbocycles. The number of amides is 2. The van der Waals surface area contributed by atoms with Crippen molar-refractivity contribution < 1.29 is 18.0 Å². The molecule has 0 spiro atoms. The third kappa shape index (κ3) is 5.07. The molecular weight excluding hydrogens is 404 g/mol. The van der Waals surface area contributed by atoms with Crippen molar-refractivity contribution in [2.45, 2.75) is 4.90 Å². The van der Waals surface area contributed by atoms with Crippen LogP contribution in [0.4, 0.5) is 11.4 Å². The molecule has 8 nitrogen and oxygen atoms in total. The average molecular weight is 424 g/mol. The first-order chi connectivity index (χ1) is 14.4. The molecule has 2 amide bonds. The van der Waals surface area contributed by atoms with E-state index in [2.05, 4.69) is 15.6 Å². The lowest BCUT2D eigenvalue weighted by molar-refractivity contribution is -0.116. The molecule has 2 aromatic carbocycles. The predicted molar refractivity (Wildman–Crippen MR) is 114 cm³/mol. The van der Waals surface area contributed by atoms with Gasteiger partial charge in [-0.3, -0.25) is 14.6 Å². The largest absolute Gasteiger partial charge is 0.323 e. The number of nitrogens with one attached hydrogen (secondary N) is 2. The van der Waals surface area contributed by atoms with Gasteiger partial charge in [-0.15, -0.1) is 0 Å². The molecule has 1 aromatic heterocycles. The lowest BCUT2D eigenvalue weighted by Gasteiger charge is -2.17. The van der Waals surface area contributed by atoms with Crippen LogP contribution in [0.15, 0.2) is 84.0 Å². The van der Waals surface area contributed by atoms with Crippen molar-refractivity contribution in [1.82, 2.24) is 9.29 Å². The third-order valence-corrected chi connectivity index (χ3v) is 5.98. The number of sulfonamides is 1. The van der Waals surface area contributed by atoms with Gasteiger partial charge in [0, 0.05) is 25.0 Å². The van der Waals surface area contributed by atoms with Crippen LogP contribution in [0.3, 0.4) is 0 Å². The second-order valence-corrected chi connectivity index (χ2v) is 8.41. The van der Waals surface area contributed by atoms with E-state index in [0.29, 0.717) is 16.9 Å². The Morgan fingerprint density at radius 3 is 2.17 bits per heavy atom. The number of para-hydroxylation sites is 2. The maximum absolute atomic E-state index is 12.5. The van der Waals surface area contributed by atoms with Crippen LogP contribution in [0, 0.1) is 0 Å². The van der Waals surface area contributed by atoms with E-state index >= 15 is 0 Å². The lowest BCUT2D eigenvalue weighted by Crippen LogP contribution is -2.35. The van der Waals surface area contributed by atoms with Crippen LogP contribution in [0.5, 0.6) is 0 Å². The topological polar surface area (TPSA) is 108 Å². The van der Waals surface area contributed by atoms with Gasteiger partial charge in [-0.1, -0.05) is 30.3 Å². The van der Waals surface area contributed by atoms with E-state index in [4.69, 9.17) is 0 Å². The highest BCUT2D eigenvalue weighted by molar-refractivity contribution is 7.89. The number of hydrogen-bond acceptors (Lipinski definition) is 5. The fraction of sp³-hybridized carbons (Fsp3) is 0.0952. The molecule has 0 atom stereocenters. The fourth-order valence-corrected chi connectivity index (χ4v) is 3.73. The summed E-state index contributed by atoms with van der Waals surface area (Å²) in [6.07, 6.45) is 2.69. The minimum atomic E-state index is -3.85. The van der Waals surface area contributed by atoms with E-state index in [1.807, 2.05) is 0 Å². The predicted octanol–water partition coefficient (Wildman–Crippen LogP) is 2.59. The van der Waals surface area contributed by atoms with Crippen molar-refractivity contribution in [3.05, 3.63) is 84.7 Å². The number of hydrogen-bond donors (Lipinski definition) is 2. The quantitative estimate of drug-likeness (QED) is 0.606. The lowest BCUT2D eigenvalue weighted by atomic mass is 10.2. The molecule has 0 radical (unpaired) electrons. The summed E-state index contributed by atoms with van der Waals surface area (Å²) in [7, 11) is -2.54. The van der Waals surface area contributed by atoms with Gasteiger partial charge in [0.1, 0.15) is 4.90 Å². The molecule has 30 heavy (non-hydrogen) atoms. The van der Waals surface area contributed by atoms with Crippen LogP contribution in [0.1, 0.15) is 10.4 Å². The fourth-order valence-electron chi connectivity index (χ4n) is 2.64. The Morgan fingerprint density at radius 2 is 1.53 bits per heavy atom. The van der Waals surface area contributed by atoms with E-state index < -0.39 is 22.5 Å². The first-order valence-electron chi connectivity index (χ1n) is 8.99. The van der Waals surface area contributed by atoms with Gasteiger partial charge in [-0.05, 0) is 36.4 Å². The summed E-state index contributed by atoms with van der Waals surface area (Å²) in [4.78, 5) is 28.7. The summed E-state index contributed by atoms with van der Waals surface area (Å²) in [5, 5.41) is 5.39. The first-order valence-corrected chi connectivity index (χ1v) is 10.4. The van der Waals surface area contributed by atoms with Gasteiger partial charge in [0.25, 0.3) is 5.91 Å². The Balaban J connectivity index is 1.69. The zero-order valence-electron chi connectivity index (χ0n) is 16.1. The maximum atomic E-state index is 12.5. The second-order valence-electron chi connectivity index (χ2n) is 6.36. The summed E-state index contributed by atoms with van der Waals surface area (Å²) >= 11 is 0. The average Bonchev–Trinajstić information content (AvgIpc) is 2.76. The van der Waals surface area contributed by atoms with E-state index in [0.717, 1.165) is 4.31 Å². The Bertz CT molecular complexity index is 1140. The number of likely N-dealkylation sites (N-methyl/N-ethyl adjacent to an activating group) is 1. The maximum Gasteiger partial charge on any atom is 0.255 e. The number of pyridine rings is 1. The SMILES string of the molecule is CN(CC(=O)Nc1ccccc1NC(=O)c1ccccc1)S(=O)(=O)c1cccnc1. The standard InChI is InChI=1S/C21H20N4O4S/c1-25(30(28,29)17-10-7-13-22-14-17)15-20(26)23-18-11-5-6-12-19(18)24-21(27)16-8-3-2-4-9-16/h2-14H,15H2,1H3,(H,23,26)(H,24,27). The molecule has 0 aliphatic heterocycles. The van der Waals surface area contributed by atoms with Crippen LogP contribution in [0.2, 0.25) is 0 Å². The molecule has 0 aliphatic rings. The number of benzene rings is 2. The Kier molecular flexibility index (Phi) is 6.55. The molecule has 0 saturated heterocycles. The summed E-state index contributed by atoms with van der Waals surface area (Å²) in [5.74, 6) is -0.875. The zero-order valence-corrected chi connectivity index (χ0v) is 17.0. The molecule has 3 aromatic rings. The van der Waals surface area contributed by atoms with Crippen molar-refractivity contribution in [3.8, 4) is 0 Å². The Hall–Kier alpha value is -3.56. The molecule has 9 heteroatoms. The molecular formula is C21H20N4O4S. The Labute approximate surface area is 174 Å². The number of anilines is 2. The second kappa shape index (κ2) is 9.29. The molecule has 0 unspecified atom stereocenters. The first kappa shape index (κ1) is 21.2. The van der Waals surface area contributed by atoms with Crippen molar-refractivity contribution in [2.75, 3.05) is 24.2 Å². The van der Waals surface area contributed by atoms with Gasteiger partial charge in [-0.2, -0.15) is 4.31 Å². The summed E-state index contributed by atoms with van der Waals surface area (Å²) < 4.78 is 26.0.